The summed E-state index contributed by atoms with van der Waals surface area (Å²) in [6, 6.07) is 8.03. The monoisotopic (exact) mass is 274 g/mol. The zero-order valence-corrected chi connectivity index (χ0v) is 12.6. The minimum absolute atomic E-state index is 0.0542. The van der Waals surface area contributed by atoms with Crippen LogP contribution in [0.4, 0.5) is 5.69 Å². The Kier molecular flexibility index (Phi) is 5.60. The van der Waals surface area contributed by atoms with Gasteiger partial charge in [-0.3, -0.25) is 4.79 Å². The summed E-state index contributed by atoms with van der Waals surface area (Å²) in [6.07, 6.45) is 5.49. The van der Waals surface area contributed by atoms with Gasteiger partial charge in [-0.05, 0) is 43.4 Å². The van der Waals surface area contributed by atoms with Crippen molar-refractivity contribution < 1.29 is 4.79 Å². The van der Waals surface area contributed by atoms with E-state index in [-0.39, 0.29) is 11.9 Å². The number of benzene rings is 1. The average molecular weight is 274 g/mol. The molecule has 1 aromatic rings. The molecule has 1 amide bonds. The maximum Gasteiger partial charge on any atom is 0.241 e. The highest BCUT2D eigenvalue weighted by Crippen LogP contribution is 2.21. The first-order valence-corrected chi connectivity index (χ1v) is 7.79. The SMILES string of the molecule is CC(C)CCCCNC1CCc2ccccc2NC1=O. The number of rotatable bonds is 6. The van der Waals surface area contributed by atoms with Crippen LogP contribution in [0.5, 0.6) is 0 Å². The van der Waals surface area contributed by atoms with Crippen molar-refractivity contribution in [3.05, 3.63) is 29.8 Å². The molecule has 0 saturated carbocycles. The van der Waals surface area contributed by atoms with E-state index in [0.717, 1.165) is 37.4 Å². The average Bonchev–Trinajstić information content (AvgIpc) is 2.57. The highest BCUT2D eigenvalue weighted by Gasteiger charge is 2.22. The number of aryl methyl sites for hydroxylation is 1. The van der Waals surface area contributed by atoms with E-state index in [0.29, 0.717) is 0 Å². The quantitative estimate of drug-likeness (QED) is 0.781. The van der Waals surface area contributed by atoms with E-state index in [2.05, 4.69) is 30.5 Å². The fraction of sp³-hybridized carbons (Fsp3) is 0.588. The van der Waals surface area contributed by atoms with Crippen molar-refractivity contribution in [2.45, 2.75) is 52.0 Å². The van der Waals surface area contributed by atoms with Gasteiger partial charge in [0.25, 0.3) is 0 Å². The second-order valence-corrected chi connectivity index (χ2v) is 6.08. The van der Waals surface area contributed by atoms with Gasteiger partial charge in [0.15, 0.2) is 0 Å². The Bertz CT molecular complexity index is 442. The lowest BCUT2D eigenvalue weighted by molar-refractivity contribution is -0.118. The van der Waals surface area contributed by atoms with Crippen molar-refractivity contribution in [1.29, 1.82) is 0 Å². The van der Waals surface area contributed by atoms with Gasteiger partial charge in [-0.2, -0.15) is 0 Å². The molecule has 1 aromatic carbocycles. The Morgan fingerprint density at radius 1 is 1.30 bits per heavy atom. The van der Waals surface area contributed by atoms with E-state index < -0.39 is 0 Å². The lowest BCUT2D eigenvalue weighted by atomic mass is 10.0. The number of unbranched alkanes of at least 4 members (excludes halogenated alkanes) is 1. The van der Waals surface area contributed by atoms with Crippen molar-refractivity contribution in [2.75, 3.05) is 11.9 Å². The maximum absolute atomic E-state index is 12.2. The largest absolute Gasteiger partial charge is 0.324 e. The molecule has 1 heterocycles. The molecule has 3 heteroatoms. The first-order chi connectivity index (χ1) is 9.66. The van der Waals surface area contributed by atoms with Gasteiger partial charge >= 0.3 is 0 Å². The second kappa shape index (κ2) is 7.44. The molecule has 2 N–H and O–H groups in total. The standard InChI is InChI=1S/C17H26N2O/c1-13(2)7-5-6-12-18-16-11-10-14-8-3-4-9-15(14)19-17(16)20/h3-4,8-9,13,16,18H,5-7,10-12H2,1-2H3,(H,19,20). The topological polar surface area (TPSA) is 41.1 Å². The van der Waals surface area contributed by atoms with Crippen LogP contribution in [-0.2, 0) is 11.2 Å². The fourth-order valence-electron chi connectivity index (χ4n) is 2.66. The van der Waals surface area contributed by atoms with Crippen molar-refractivity contribution >= 4 is 11.6 Å². The lowest BCUT2D eigenvalue weighted by Gasteiger charge is -2.15. The van der Waals surface area contributed by atoms with Gasteiger partial charge in [0.05, 0.1) is 6.04 Å². The molecule has 0 fully saturated rings. The van der Waals surface area contributed by atoms with Crippen LogP contribution in [0.25, 0.3) is 0 Å². The zero-order valence-electron chi connectivity index (χ0n) is 12.6. The van der Waals surface area contributed by atoms with E-state index in [1.165, 1.54) is 18.4 Å². The first kappa shape index (κ1) is 15.0. The molecule has 110 valence electrons. The number of nitrogens with one attached hydrogen (secondary N) is 2. The molecule has 0 radical (unpaired) electrons. The number of anilines is 1. The molecule has 1 atom stereocenters. The van der Waals surface area contributed by atoms with Crippen molar-refractivity contribution in [3.8, 4) is 0 Å². The maximum atomic E-state index is 12.2. The number of carbonyl (C=O) groups excluding carboxylic acids is 1. The van der Waals surface area contributed by atoms with Gasteiger partial charge in [-0.1, -0.05) is 44.9 Å². The molecule has 1 aliphatic rings. The normalized spacial score (nSPS) is 18.6. The molecular weight excluding hydrogens is 248 g/mol. The first-order valence-electron chi connectivity index (χ1n) is 7.79. The lowest BCUT2D eigenvalue weighted by Crippen LogP contribution is -2.40. The summed E-state index contributed by atoms with van der Waals surface area (Å²) < 4.78 is 0. The Morgan fingerprint density at radius 3 is 2.90 bits per heavy atom. The van der Waals surface area contributed by atoms with E-state index in [4.69, 9.17) is 0 Å². The number of amides is 1. The molecule has 0 aliphatic carbocycles. The van der Waals surface area contributed by atoms with Gasteiger partial charge in [-0.25, -0.2) is 0 Å². The molecule has 20 heavy (non-hydrogen) atoms. The van der Waals surface area contributed by atoms with E-state index in [9.17, 15) is 4.79 Å². The summed E-state index contributed by atoms with van der Waals surface area (Å²) >= 11 is 0. The van der Waals surface area contributed by atoms with Crippen molar-refractivity contribution in [3.63, 3.8) is 0 Å². The second-order valence-electron chi connectivity index (χ2n) is 6.08. The molecule has 0 bridgehead atoms. The summed E-state index contributed by atoms with van der Waals surface area (Å²) in [5.74, 6) is 0.879. The molecule has 3 nitrogen and oxygen atoms in total. The molecule has 2 rings (SSSR count). The van der Waals surface area contributed by atoms with Crippen LogP contribution in [-0.4, -0.2) is 18.5 Å². The van der Waals surface area contributed by atoms with Gasteiger partial charge < -0.3 is 10.6 Å². The summed E-state index contributed by atoms with van der Waals surface area (Å²) in [5.41, 5.74) is 2.21. The van der Waals surface area contributed by atoms with E-state index >= 15 is 0 Å². The smallest absolute Gasteiger partial charge is 0.241 e. The highest BCUT2D eigenvalue weighted by atomic mass is 16.2. The number of hydrogen-bond donors (Lipinski definition) is 2. The fourth-order valence-corrected chi connectivity index (χ4v) is 2.66. The molecule has 0 aromatic heterocycles. The van der Waals surface area contributed by atoms with Crippen LogP contribution in [0, 0.1) is 5.92 Å². The molecular formula is C17H26N2O. The zero-order chi connectivity index (χ0) is 14.4. The molecule has 1 unspecified atom stereocenters. The molecule has 0 spiro atoms. The number of hydrogen-bond acceptors (Lipinski definition) is 2. The summed E-state index contributed by atoms with van der Waals surface area (Å²) in [7, 11) is 0. The van der Waals surface area contributed by atoms with Crippen LogP contribution in [0.2, 0.25) is 0 Å². The van der Waals surface area contributed by atoms with Crippen LogP contribution in [0.15, 0.2) is 24.3 Å². The van der Waals surface area contributed by atoms with Crippen LogP contribution in [0.1, 0.15) is 45.1 Å². The van der Waals surface area contributed by atoms with E-state index in [1.807, 2.05) is 18.2 Å². The van der Waals surface area contributed by atoms with Crippen LogP contribution >= 0.6 is 0 Å². The number of para-hydroxylation sites is 1. The Balaban J connectivity index is 1.78. The van der Waals surface area contributed by atoms with Crippen LogP contribution < -0.4 is 10.6 Å². The summed E-state index contributed by atoms with van der Waals surface area (Å²) in [4.78, 5) is 12.2. The third kappa shape index (κ3) is 4.34. The van der Waals surface area contributed by atoms with Gasteiger partial charge in [0.1, 0.15) is 0 Å². The summed E-state index contributed by atoms with van der Waals surface area (Å²) in [6.45, 7) is 5.44. The Hall–Kier alpha value is -1.35. The Morgan fingerprint density at radius 2 is 2.10 bits per heavy atom. The highest BCUT2D eigenvalue weighted by molar-refractivity contribution is 5.96. The minimum atomic E-state index is -0.0542. The Labute approximate surface area is 122 Å². The van der Waals surface area contributed by atoms with Gasteiger partial charge in [0.2, 0.25) is 5.91 Å². The third-order valence-corrected chi connectivity index (χ3v) is 3.89. The summed E-state index contributed by atoms with van der Waals surface area (Å²) in [5, 5.41) is 6.44. The van der Waals surface area contributed by atoms with Crippen molar-refractivity contribution in [1.82, 2.24) is 5.32 Å². The molecule has 1 aliphatic heterocycles. The predicted molar refractivity (Wildman–Crippen MR) is 83.9 cm³/mol. The molecule has 0 saturated heterocycles. The number of fused-ring (bicyclic) bond motifs is 1. The third-order valence-electron chi connectivity index (χ3n) is 3.89. The minimum Gasteiger partial charge on any atom is -0.324 e. The van der Waals surface area contributed by atoms with Gasteiger partial charge in [-0.15, -0.1) is 0 Å². The number of carbonyl (C=O) groups is 1. The predicted octanol–water partition coefficient (Wildman–Crippen LogP) is 3.36. The van der Waals surface area contributed by atoms with Crippen molar-refractivity contribution in [2.24, 2.45) is 5.92 Å². The van der Waals surface area contributed by atoms with E-state index in [1.54, 1.807) is 0 Å². The van der Waals surface area contributed by atoms with Crippen LogP contribution in [0.3, 0.4) is 0 Å². The van der Waals surface area contributed by atoms with Gasteiger partial charge in [0, 0.05) is 5.69 Å².